The molecule has 0 aliphatic heterocycles. The molecule has 7 nitrogen and oxygen atoms in total. The molecule has 1 aliphatic carbocycles. The van der Waals surface area contributed by atoms with E-state index in [9.17, 15) is 9.59 Å². The van der Waals surface area contributed by atoms with E-state index in [1.54, 1.807) is 4.90 Å². The molecule has 0 unspecified atom stereocenters. The Hall–Kier alpha value is -2.15. The fourth-order valence-electron chi connectivity index (χ4n) is 2.18. The van der Waals surface area contributed by atoms with Gasteiger partial charge in [-0.2, -0.15) is 0 Å². The van der Waals surface area contributed by atoms with E-state index in [0.29, 0.717) is 18.7 Å². The smallest absolute Gasteiger partial charge is 0.354 e. The summed E-state index contributed by atoms with van der Waals surface area (Å²) in [4.78, 5) is 28.5. The molecule has 3 N–H and O–H groups in total. The predicted molar refractivity (Wildman–Crippen MR) is 76.3 cm³/mol. The Balaban J connectivity index is 1.98. The zero-order valence-corrected chi connectivity index (χ0v) is 11.7. The first kappa shape index (κ1) is 15.2. The molecular formula is C14H19N3O4. The lowest BCUT2D eigenvalue weighted by atomic mass is 9.91. The summed E-state index contributed by atoms with van der Waals surface area (Å²) in [5, 5.41) is 20.4. The monoisotopic (exact) mass is 293 g/mol. The van der Waals surface area contributed by atoms with Gasteiger partial charge >= 0.3 is 12.0 Å². The first-order chi connectivity index (χ1) is 10.1. The highest BCUT2D eigenvalue weighted by Crippen LogP contribution is 2.25. The number of aromatic carboxylic acids is 1. The number of amides is 2. The lowest BCUT2D eigenvalue weighted by Gasteiger charge is -2.37. The van der Waals surface area contributed by atoms with Crippen LogP contribution in [0.2, 0.25) is 0 Å². The molecule has 21 heavy (non-hydrogen) atoms. The van der Waals surface area contributed by atoms with Gasteiger partial charge in [-0.1, -0.05) is 0 Å². The summed E-state index contributed by atoms with van der Waals surface area (Å²) < 4.78 is 0. The third kappa shape index (κ3) is 3.91. The van der Waals surface area contributed by atoms with Crippen LogP contribution in [-0.4, -0.2) is 51.3 Å². The molecule has 1 fully saturated rings. The second-order valence-electron chi connectivity index (χ2n) is 5.02. The molecule has 0 atom stereocenters. The van der Waals surface area contributed by atoms with Crippen molar-refractivity contribution >= 4 is 17.7 Å². The molecule has 0 bridgehead atoms. The lowest BCUT2D eigenvalue weighted by Crippen LogP contribution is -2.47. The van der Waals surface area contributed by atoms with Gasteiger partial charge in [0, 0.05) is 19.2 Å². The van der Waals surface area contributed by atoms with E-state index >= 15 is 0 Å². The Labute approximate surface area is 122 Å². The number of carboxylic acids is 1. The van der Waals surface area contributed by atoms with Crippen molar-refractivity contribution in [3.8, 4) is 0 Å². The van der Waals surface area contributed by atoms with Crippen molar-refractivity contribution in [1.29, 1.82) is 0 Å². The molecule has 1 aromatic heterocycles. The zero-order valence-electron chi connectivity index (χ0n) is 11.7. The van der Waals surface area contributed by atoms with Gasteiger partial charge in [-0.25, -0.2) is 14.6 Å². The number of rotatable bonds is 6. The minimum Gasteiger partial charge on any atom is -0.477 e. The van der Waals surface area contributed by atoms with Crippen LogP contribution in [0.5, 0.6) is 0 Å². The van der Waals surface area contributed by atoms with Crippen molar-refractivity contribution in [2.75, 3.05) is 18.5 Å². The molecule has 114 valence electrons. The van der Waals surface area contributed by atoms with Crippen LogP contribution >= 0.6 is 0 Å². The Morgan fingerprint density at radius 3 is 2.62 bits per heavy atom. The van der Waals surface area contributed by atoms with Gasteiger partial charge < -0.3 is 20.4 Å². The summed E-state index contributed by atoms with van der Waals surface area (Å²) in [6.45, 7) is 0.555. The molecule has 1 aromatic rings. The van der Waals surface area contributed by atoms with Crippen LogP contribution in [-0.2, 0) is 0 Å². The fourth-order valence-corrected chi connectivity index (χ4v) is 2.18. The number of carbonyl (C=O) groups is 2. The van der Waals surface area contributed by atoms with Gasteiger partial charge in [0.15, 0.2) is 0 Å². The van der Waals surface area contributed by atoms with Gasteiger partial charge in [0.2, 0.25) is 0 Å². The summed E-state index contributed by atoms with van der Waals surface area (Å²) in [5.74, 6) is -1.10. The highest BCUT2D eigenvalue weighted by molar-refractivity contribution is 5.90. The highest BCUT2D eigenvalue weighted by atomic mass is 16.4. The summed E-state index contributed by atoms with van der Waals surface area (Å²) in [7, 11) is 0. The number of carboxylic acid groups (broad SMARTS) is 1. The minimum absolute atomic E-state index is 0.0470. The molecule has 1 heterocycles. The Morgan fingerprint density at radius 1 is 1.38 bits per heavy atom. The number of aliphatic hydroxyl groups excluding tert-OH is 1. The molecule has 1 saturated carbocycles. The number of urea groups is 1. The Kier molecular flexibility index (Phi) is 5.10. The van der Waals surface area contributed by atoms with Crippen LogP contribution in [0.1, 0.15) is 36.2 Å². The molecule has 0 aromatic carbocycles. The van der Waals surface area contributed by atoms with Crippen molar-refractivity contribution in [3.05, 3.63) is 24.0 Å². The number of anilines is 1. The summed E-state index contributed by atoms with van der Waals surface area (Å²) in [6, 6.07) is 2.85. The lowest BCUT2D eigenvalue weighted by molar-refractivity contribution is 0.0690. The van der Waals surface area contributed by atoms with Crippen LogP contribution in [0.4, 0.5) is 10.5 Å². The highest BCUT2D eigenvalue weighted by Gasteiger charge is 2.28. The van der Waals surface area contributed by atoms with Gasteiger partial charge in [-0.05, 0) is 37.8 Å². The number of aromatic nitrogens is 1. The fraction of sp³-hybridized carbons (Fsp3) is 0.500. The molecule has 7 heteroatoms. The molecule has 0 radical (unpaired) electrons. The van der Waals surface area contributed by atoms with Crippen molar-refractivity contribution < 1.29 is 19.8 Å². The molecular weight excluding hydrogens is 274 g/mol. The second-order valence-corrected chi connectivity index (χ2v) is 5.02. The molecule has 2 amide bonds. The average molecular weight is 293 g/mol. The minimum atomic E-state index is -1.10. The first-order valence-corrected chi connectivity index (χ1v) is 6.99. The number of hydrogen-bond donors (Lipinski definition) is 3. The van der Waals surface area contributed by atoms with Crippen molar-refractivity contribution in [2.45, 2.75) is 31.7 Å². The average Bonchev–Trinajstić information content (AvgIpc) is 2.41. The maximum Gasteiger partial charge on any atom is 0.354 e. The van der Waals surface area contributed by atoms with Gasteiger partial charge in [0.1, 0.15) is 5.69 Å². The number of nitrogens with zero attached hydrogens (tertiary/aromatic N) is 2. The third-order valence-electron chi connectivity index (χ3n) is 3.57. The van der Waals surface area contributed by atoms with Crippen LogP contribution < -0.4 is 5.32 Å². The largest absolute Gasteiger partial charge is 0.477 e. The van der Waals surface area contributed by atoms with E-state index in [1.165, 1.54) is 18.3 Å². The zero-order chi connectivity index (χ0) is 15.2. The summed E-state index contributed by atoms with van der Waals surface area (Å²) >= 11 is 0. The Morgan fingerprint density at radius 2 is 2.14 bits per heavy atom. The van der Waals surface area contributed by atoms with Gasteiger partial charge in [-0.3, -0.25) is 0 Å². The maximum atomic E-state index is 12.3. The van der Waals surface area contributed by atoms with E-state index in [0.717, 1.165) is 19.3 Å². The van der Waals surface area contributed by atoms with Crippen molar-refractivity contribution in [3.63, 3.8) is 0 Å². The molecule has 2 rings (SSSR count). The first-order valence-electron chi connectivity index (χ1n) is 6.99. The van der Waals surface area contributed by atoms with Crippen LogP contribution in [0.3, 0.4) is 0 Å². The standard InChI is InChI=1S/C14H19N3O4/c18-8-2-7-17(11-3-1-4-11)14(21)16-10-5-6-12(13(19)20)15-9-10/h5-6,9,11,18H,1-4,7-8H2,(H,16,21)(H,19,20). The molecule has 0 spiro atoms. The number of carbonyl (C=O) groups excluding carboxylic acids is 1. The van der Waals surface area contributed by atoms with Crippen LogP contribution in [0.25, 0.3) is 0 Å². The van der Waals surface area contributed by atoms with Crippen molar-refractivity contribution in [2.24, 2.45) is 0 Å². The predicted octanol–water partition coefficient (Wildman–Crippen LogP) is 1.55. The quantitative estimate of drug-likeness (QED) is 0.738. The number of aliphatic hydroxyl groups is 1. The van der Waals surface area contributed by atoms with Gasteiger partial charge in [0.25, 0.3) is 0 Å². The molecule has 1 aliphatic rings. The van der Waals surface area contributed by atoms with Gasteiger partial charge in [-0.15, -0.1) is 0 Å². The van der Waals surface area contributed by atoms with E-state index in [1.807, 2.05) is 0 Å². The summed E-state index contributed by atoms with van der Waals surface area (Å²) in [6.07, 6.45) is 4.94. The number of nitrogens with one attached hydrogen (secondary N) is 1. The van der Waals surface area contributed by atoms with Crippen molar-refractivity contribution in [1.82, 2.24) is 9.88 Å². The van der Waals surface area contributed by atoms with Gasteiger partial charge in [0.05, 0.1) is 11.9 Å². The summed E-state index contributed by atoms with van der Waals surface area (Å²) in [5.41, 5.74) is 0.391. The number of pyridine rings is 1. The molecule has 0 saturated heterocycles. The van der Waals surface area contributed by atoms with E-state index in [2.05, 4.69) is 10.3 Å². The third-order valence-corrected chi connectivity index (χ3v) is 3.57. The maximum absolute atomic E-state index is 12.3. The van der Waals surface area contributed by atoms with Crippen LogP contribution in [0.15, 0.2) is 18.3 Å². The SMILES string of the molecule is O=C(O)c1ccc(NC(=O)N(CCCO)C2CCC2)cn1. The van der Waals surface area contributed by atoms with E-state index in [-0.39, 0.29) is 24.4 Å². The normalized spacial score (nSPS) is 14.3. The Bertz CT molecular complexity index is 499. The second kappa shape index (κ2) is 7.03. The number of hydrogen-bond acceptors (Lipinski definition) is 4. The van der Waals surface area contributed by atoms with E-state index < -0.39 is 5.97 Å². The topological polar surface area (TPSA) is 103 Å². The van der Waals surface area contributed by atoms with Crippen LogP contribution in [0, 0.1) is 0 Å². The van der Waals surface area contributed by atoms with E-state index in [4.69, 9.17) is 10.2 Å².